The summed E-state index contributed by atoms with van der Waals surface area (Å²) in [5.74, 6) is -1.02. The van der Waals surface area contributed by atoms with Crippen molar-refractivity contribution in [1.29, 1.82) is 0 Å². The molecule has 4 aliphatic heterocycles. The van der Waals surface area contributed by atoms with Crippen molar-refractivity contribution >= 4 is 66.9 Å². The van der Waals surface area contributed by atoms with Crippen LogP contribution in [0.25, 0.3) is 10.8 Å². The van der Waals surface area contributed by atoms with E-state index in [-0.39, 0.29) is 53.6 Å². The number of sulfonamides is 1. The third-order valence-electron chi connectivity index (χ3n) is 11.1. The van der Waals surface area contributed by atoms with E-state index in [0.29, 0.717) is 40.9 Å². The number of hydrogen-bond acceptors (Lipinski definition) is 9. The minimum absolute atomic E-state index is 0.0359. The Bertz CT molecular complexity index is 1850. The number of benzene rings is 2. The van der Waals surface area contributed by atoms with Gasteiger partial charge in [-0.2, -0.15) is 0 Å². The zero-order chi connectivity index (χ0) is 36.7. The zero-order valence-corrected chi connectivity index (χ0v) is 34.7. The summed E-state index contributed by atoms with van der Waals surface area (Å²) in [6, 6.07) is 9.10. The van der Waals surface area contributed by atoms with E-state index in [2.05, 4.69) is 40.1 Å². The van der Waals surface area contributed by atoms with Gasteiger partial charge in [0, 0.05) is 13.1 Å². The summed E-state index contributed by atoms with van der Waals surface area (Å²) in [5, 5.41) is 7.74. The second-order valence-corrected chi connectivity index (χ2v) is 19.4. The van der Waals surface area contributed by atoms with Gasteiger partial charge in [0.25, 0.3) is 0 Å². The van der Waals surface area contributed by atoms with Crippen LogP contribution in [0.15, 0.2) is 46.5 Å². The number of hydrogen-bond donors (Lipinski definition) is 3. The van der Waals surface area contributed by atoms with Gasteiger partial charge in [0.15, 0.2) is 0 Å². The van der Waals surface area contributed by atoms with Crippen molar-refractivity contribution in [3.63, 3.8) is 0 Å². The first-order valence-corrected chi connectivity index (χ1v) is 23.0. The van der Waals surface area contributed by atoms with Gasteiger partial charge in [-0.3, -0.25) is 4.79 Å². The van der Waals surface area contributed by atoms with Gasteiger partial charge in [-0.25, -0.2) is 0 Å². The van der Waals surface area contributed by atoms with Gasteiger partial charge >= 0.3 is 215 Å². The van der Waals surface area contributed by atoms with E-state index in [1.165, 1.54) is 11.4 Å². The predicted molar refractivity (Wildman–Crippen MR) is 198 cm³/mol. The van der Waals surface area contributed by atoms with E-state index >= 15 is 0 Å². The van der Waals surface area contributed by atoms with Crippen LogP contribution in [-0.4, -0.2) is 120 Å². The van der Waals surface area contributed by atoms with Crippen LogP contribution in [0.2, 0.25) is 0 Å². The van der Waals surface area contributed by atoms with Gasteiger partial charge < -0.3 is 20.9 Å². The molecule has 6 rings (SSSR count). The summed E-state index contributed by atoms with van der Waals surface area (Å²) >= 11 is 1.83. The number of ether oxygens (including phenoxy) is 2. The van der Waals surface area contributed by atoms with Gasteiger partial charge in [0.2, 0.25) is 5.91 Å². The van der Waals surface area contributed by atoms with E-state index in [1.807, 2.05) is 38.1 Å². The molecular formula is C35H48I2N6O7S. The van der Waals surface area contributed by atoms with Crippen LogP contribution in [0.3, 0.4) is 0 Å². The van der Waals surface area contributed by atoms with Crippen molar-refractivity contribution in [2.45, 2.75) is 54.1 Å². The third kappa shape index (κ3) is 6.47. The number of esters is 1. The molecule has 2 fully saturated rings. The number of methoxy groups -OCH3 is 1. The number of alkyl halides is 3. The molecule has 0 radical (unpaired) electrons. The molecule has 4 heterocycles. The molecule has 13 nitrogen and oxygen atoms in total. The first-order valence-electron chi connectivity index (χ1n) is 17.4. The number of fused-ring (bicyclic) bond motifs is 2. The van der Waals surface area contributed by atoms with Crippen LogP contribution in [0, 0.1) is 5.92 Å². The summed E-state index contributed by atoms with van der Waals surface area (Å²) in [4.78, 5) is 40.9. The summed E-state index contributed by atoms with van der Waals surface area (Å²) in [6.45, 7) is 10.7. The number of rotatable bonds is 16. The monoisotopic (exact) mass is 950 g/mol. The standard InChI is InChI=1S/C35H48I2N6O7S/c1-5-43(20-36,17-15-39-18-29(44)40-14-7-13-38)16-12-24-10-11-28-30-25(24)8-6-9-27(30)41(51(28,47)48)19-26-22(2)32-35(23(3)50-21-37-35)34(46)42(32)31(26)33(45)49-4/h6,8-11,22-23,32,39H,5,7,12-21,38H2,1-4H3,(H,40,44). The van der Waals surface area contributed by atoms with E-state index in [9.17, 15) is 22.8 Å². The number of amides is 2. The SMILES string of the molecule is CC[N+](CI)(CCNCC(=O)NCCCN)CCc1ccc2c3c(cccc13)N(CC1=C(C(=O)OC)N3C(=O)C4([I-]COC4C)C3C1C)S2(=O)=O. The second kappa shape index (κ2) is 15.3. The number of β-lactam (4-membered cyclic amide) rings is 1. The van der Waals surface area contributed by atoms with Crippen LogP contribution in [-0.2, 0) is 40.3 Å². The fourth-order valence-electron chi connectivity index (χ4n) is 8.02. The van der Waals surface area contributed by atoms with Crippen LogP contribution in [0.5, 0.6) is 0 Å². The van der Waals surface area contributed by atoms with Crippen LogP contribution >= 0.6 is 22.6 Å². The fourth-order valence-corrected chi connectivity index (χ4v) is 14.7. The molecule has 2 aromatic carbocycles. The average molecular weight is 951 g/mol. The number of nitrogens with one attached hydrogen (secondary N) is 2. The maximum absolute atomic E-state index is 14.3. The molecule has 280 valence electrons. The van der Waals surface area contributed by atoms with Gasteiger partial charge in [0.05, 0.1) is 19.6 Å². The van der Waals surface area contributed by atoms with Crippen LogP contribution < -0.4 is 41.9 Å². The van der Waals surface area contributed by atoms with E-state index in [0.717, 1.165) is 52.5 Å². The van der Waals surface area contributed by atoms with Crippen LogP contribution in [0.4, 0.5) is 5.69 Å². The molecule has 4 N–H and O–H groups in total. The van der Waals surface area contributed by atoms with Crippen molar-refractivity contribution in [2.75, 3.05) is 72.9 Å². The van der Waals surface area contributed by atoms with Gasteiger partial charge in [-0.1, -0.05) is 0 Å². The van der Waals surface area contributed by atoms with Gasteiger partial charge in [0.1, 0.15) is 4.55 Å². The number of carbonyl (C=O) groups is 3. The van der Waals surface area contributed by atoms with E-state index in [1.54, 1.807) is 11.0 Å². The van der Waals surface area contributed by atoms with Crippen LogP contribution in [0.1, 0.15) is 32.8 Å². The molecule has 2 amide bonds. The van der Waals surface area contributed by atoms with Crippen molar-refractivity contribution in [3.05, 3.63) is 47.2 Å². The Labute approximate surface area is 324 Å². The number of nitrogens with two attached hydrogens (primary N) is 1. The maximum atomic E-state index is 14.3. The number of nitrogens with zero attached hydrogens (tertiary/aromatic N) is 3. The van der Waals surface area contributed by atoms with Crippen molar-refractivity contribution < 1.29 is 58.0 Å². The second-order valence-electron chi connectivity index (χ2n) is 13.7. The van der Waals surface area contributed by atoms with Gasteiger partial charge in [-0.05, 0) is 42.5 Å². The Kier molecular flexibility index (Phi) is 11.6. The Balaban J connectivity index is 1.24. The molecule has 2 saturated heterocycles. The van der Waals surface area contributed by atoms with Crippen molar-refractivity contribution in [3.8, 4) is 0 Å². The molecule has 0 bridgehead atoms. The van der Waals surface area contributed by atoms with Crippen molar-refractivity contribution in [1.82, 2.24) is 15.5 Å². The number of anilines is 1. The normalized spacial score (nSPS) is 25.9. The average Bonchev–Trinajstić information content (AvgIpc) is 3.72. The molecule has 0 saturated carbocycles. The molecule has 1 spiro atoms. The topological polar surface area (TPSA) is 160 Å². The first kappa shape index (κ1) is 38.6. The van der Waals surface area contributed by atoms with Gasteiger partial charge in [-0.15, -0.1) is 0 Å². The number of halogens is 2. The molecule has 16 heteroatoms. The molecule has 0 aromatic heterocycles. The quantitative estimate of drug-likeness (QED) is 0.0353. The number of quaternary nitrogens is 1. The van der Waals surface area contributed by atoms with Crippen molar-refractivity contribution in [2.24, 2.45) is 11.7 Å². The molecule has 5 atom stereocenters. The fraction of sp³-hybridized carbons (Fsp3) is 0.571. The Morgan fingerprint density at radius 1 is 1.20 bits per heavy atom. The Morgan fingerprint density at radius 2 is 1.98 bits per heavy atom. The summed E-state index contributed by atoms with van der Waals surface area (Å²) < 4.78 is 42.7. The summed E-state index contributed by atoms with van der Waals surface area (Å²) in [6.07, 6.45) is 1.25. The molecule has 5 unspecified atom stereocenters. The number of likely N-dealkylation sites (N-methyl/N-ethyl adjacent to an activating group) is 1. The zero-order valence-electron chi connectivity index (χ0n) is 29.5. The molecular weight excluding hydrogens is 902 g/mol. The number of carbonyl (C=O) groups excluding carboxylic acids is 3. The third-order valence-corrected chi connectivity index (χ3v) is 18.3. The predicted octanol–water partition coefficient (Wildman–Crippen LogP) is -1.33. The van der Waals surface area contributed by atoms with E-state index in [4.69, 9.17) is 15.2 Å². The molecule has 51 heavy (non-hydrogen) atoms. The molecule has 0 aliphatic carbocycles. The first-order chi connectivity index (χ1) is 24.4. The molecule has 2 aromatic rings. The molecule has 4 aliphatic rings. The summed E-state index contributed by atoms with van der Waals surface area (Å²) in [7, 11) is -2.67. The van der Waals surface area contributed by atoms with E-state index < -0.39 is 40.6 Å². The Morgan fingerprint density at radius 3 is 2.65 bits per heavy atom. The summed E-state index contributed by atoms with van der Waals surface area (Å²) in [5.41, 5.74) is 7.93. The Hall–Kier alpha value is -2.10. The minimum atomic E-state index is -3.96.